The third-order valence-corrected chi connectivity index (χ3v) is 0.421. The molecule has 3 heteroatoms. The van der Waals surface area contributed by atoms with E-state index in [9.17, 15) is 0 Å². The molecule has 0 aromatic carbocycles. The minimum Gasteiger partial charge on any atom is -0.394 e. The standard InChI is InChI=1S/C3H8N2O/c1-3(5-2)6-4/h5H,1,4H2,2H3. The van der Waals surface area contributed by atoms with Crippen molar-refractivity contribution in [2.75, 3.05) is 7.05 Å². The fraction of sp³-hybridized carbons (Fsp3) is 0.333. The third-order valence-electron chi connectivity index (χ3n) is 0.421. The van der Waals surface area contributed by atoms with Crippen LogP contribution in [0.1, 0.15) is 0 Å². The fourth-order valence-electron chi connectivity index (χ4n) is 0.0589. The summed E-state index contributed by atoms with van der Waals surface area (Å²) in [5.74, 6) is 4.99. The summed E-state index contributed by atoms with van der Waals surface area (Å²) in [5, 5.41) is 2.57. The number of nitrogens with one attached hydrogen (secondary N) is 1. The molecule has 0 aliphatic rings. The average Bonchev–Trinajstić information content (AvgIpc) is 1.65. The predicted octanol–water partition coefficient (Wildman–Crippen LogP) is -0.433. The molecule has 0 spiro atoms. The first-order chi connectivity index (χ1) is 2.81. The zero-order chi connectivity index (χ0) is 4.99. The first-order valence-corrected chi connectivity index (χ1v) is 1.54. The van der Waals surface area contributed by atoms with Crippen LogP contribution in [0.25, 0.3) is 0 Å². The first-order valence-electron chi connectivity index (χ1n) is 1.54. The van der Waals surface area contributed by atoms with E-state index in [-0.39, 0.29) is 0 Å². The smallest absolute Gasteiger partial charge is 0.204 e. The summed E-state index contributed by atoms with van der Waals surface area (Å²) in [5.41, 5.74) is 0. The van der Waals surface area contributed by atoms with Gasteiger partial charge in [0.15, 0.2) is 0 Å². The molecule has 0 amide bonds. The molecule has 0 aromatic heterocycles. The monoisotopic (exact) mass is 88.1 g/mol. The van der Waals surface area contributed by atoms with Gasteiger partial charge in [0, 0.05) is 7.05 Å². The van der Waals surface area contributed by atoms with Crippen molar-refractivity contribution >= 4 is 0 Å². The highest BCUT2D eigenvalue weighted by atomic mass is 16.6. The molecule has 0 saturated carbocycles. The maximum Gasteiger partial charge on any atom is 0.204 e. The van der Waals surface area contributed by atoms with Gasteiger partial charge in [-0.1, -0.05) is 0 Å². The van der Waals surface area contributed by atoms with Crippen LogP contribution in [0.15, 0.2) is 12.5 Å². The Hall–Kier alpha value is -0.700. The highest BCUT2D eigenvalue weighted by Crippen LogP contribution is 1.71. The van der Waals surface area contributed by atoms with Gasteiger partial charge in [-0.3, -0.25) is 0 Å². The molecule has 0 radical (unpaired) electrons. The topological polar surface area (TPSA) is 47.3 Å². The summed E-state index contributed by atoms with van der Waals surface area (Å²) in [6, 6.07) is 0. The maximum atomic E-state index is 4.62. The minimum absolute atomic E-state index is 0.370. The van der Waals surface area contributed by atoms with Gasteiger partial charge in [-0.2, -0.15) is 5.90 Å². The lowest BCUT2D eigenvalue weighted by Gasteiger charge is -1.96. The Labute approximate surface area is 36.7 Å². The Morgan fingerprint density at radius 2 is 2.50 bits per heavy atom. The minimum atomic E-state index is 0.370. The van der Waals surface area contributed by atoms with Gasteiger partial charge < -0.3 is 10.2 Å². The van der Waals surface area contributed by atoms with Crippen molar-refractivity contribution in [3.63, 3.8) is 0 Å². The summed E-state index contributed by atoms with van der Waals surface area (Å²) < 4.78 is 0. The van der Waals surface area contributed by atoms with Crippen molar-refractivity contribution in [2.24, 2.45) is 5.90 Å². The molecule has 0 unspecified atom stereocenters. The third kappa shape index (κ3) is 1.60. The lowest BCUT2D eigenvalue weighted by molar-refractivity contribution is 0.204. The summed E-state index contributed by atoms with van der Waals surface area (Å²) in [6.07, 6.45) is 0. The second-order valence-corrected chi connectivity index (χ2v) is 0.791. The summed E-state index contributed by atoms with van der Waals surface area (Å²) in [4.78, 5) is 4.09. The second kappa shape index (κ2) is 2.53. The van der Waals surface area contributed by atoms with E-state index in [1.807, 2.05) is 0 Å². The molecule has 0 rings (SSSR count). The van der Waals surface area contributed by atoms with Crippen LogP contribution in [0.4, 0.5) is 0 Å². The van der Waals surface area contributed by atoms with E-state index in [0.717, 1.165) is 0 Å². The van der Waals surface area contributed by atoms with Crippen molar-refractivity contribution in [3.8, 4) is 0 Å². The highest BCUT2D eigenvalue weighted by Gasteiger charge is 1.75. The molecule has 0 aromatic rings. The Morgan fingerprint density at radius 3 is 2.50 bits per heavy atom. The molecular formula is C3H8N2O. The lowest BCUT2D eigenvalue weighted by Crippen LogP contribution is -2.11. The van der Waals surface area contributed by atoms with E-state index < -0.39 is 0 Å². The van der Waals surface area contributed by atoms with Crippen LogP contribution < -0.4 is 11.2 Å². The van der Waals surface area contributed by atoms with E-state index in [4.69, 9.17) is 0 Å². The molecule has 0 aliphatic heterocycles. The van der Waals surface area contributed by atoms with Gasteiger partial charge in [0.2, 0.25) is 5.88 Å². The molecular weight excluding hydrogens is 80.0 g/mol. The van der Waals surface area contributed by atoms with Crippen molar-refractivity contribution in [1.29, 1.82) is 0 Å². The number of nitrogens with two attached hydrogens (primary N) is 1. The van der Waals surface area contributed by atoms with Gasteiger partial charge in [0.25, 0.3) is 0 Å². The Morgan fingerprint density at radius 1 is 2.00 bits per heavy atom. The van der Waals surface area contributed by atoms with Gasteiger partial charge in [0.05, 0.1) is 0 Å². The summed E-state index contributed by atoms with van der Waals surface area (Å²) >= 11 is 0. The van der Waals surface area contributed by atoms with E-state index >= 15 is 0 Å². The molecule has 0 bridgehead atoms. The van der Waals surface area contributed by atoms with Gasteiger partial charge in [-0.25, -0.2) is 0 Å². The van der Waals surface area contributed by atoms with Gasteiger partial charge >= 0.3 is 0 Å². The molecule has 36 valence electrons. The zero-order valence-electron chi connectivity index (χ0n) is 3.69. The van der Waals surface area contributed by atoms with Crippen molar-refractivity contribution < 1.29 is 4.84 Å². The Bertz CT molecular complexity index is 46.8. The van der Waals surface area contributed by atoms with Gasteiger partial charge in [-0.15, -0.1) is 0 Å². The van der Waals surface area contributed by atoms with Crippen LogP contribution in [-0.4, -0.2) is 7.05 Å². The first kappa shape index (κ1) is 5.30. The van der Waals surface area contributed by atoms with E-state index in [0.29, 0.717) is 5.88 Å². The van der Waals surface area contributed by atoms with Crippen LogP contribution in [0.5, 0.6) is 0 Å². The van der Waals surface area contributed by atoms with Crippen molar-refractivity contribution in [3.05, 3.63) is 12.5 Å². The highest BCUT2D eigenvalue weighted by molar-refractivity contribution is 4.73. The fourth-order valence-corrected chi connectivity index (χ4v) is 0.0589. The Kier molecular flexibility index (Phi) is 2.24. The van der Waals surface area contributed by atoms with Crippen LogP contribution >= 0.6 is 0 Å². The largest absolute Gasteiger partial charge is 0.394 e. The molecule has 0 atom stereocenters. The van der Waals surface area contributed by atoms with Crippen LogP contribution in [-0.2, 0) is 4.84 Å². The quantitative estimate of drug-likeness (QED) is 0.355. The second-order valence-electron chi connectivity index (χ2n) is 0.791. The normalized spacial score (nSPS) is 7.00. The SMILES string of the molecule is C=C(NC)ON. The molecule has 0 saturated heterocycles. The molecule has 0 heterocycles. The lowest BCUT2D eigenvalue weighted by atomic mass is 10.9. The van der Waals surface area contributed by atoms with Crippen LogP contribution in [0.2, 0.25) is 0 Å². The molecule has 6 heavy (non-hydrogen) atoms. The number of rotatable bonds is 2. The molecule has 3 nitrogen and oxygen atoms in total. The van der Waals surface area contributed by atoms with E-state index in [1.54, 1.807) is 7.05 Å². The zero-order valence-corrected chi connectivity index (χ0v) is 3.69. The van der Waals surface area contributed by atoms with Crippen molar-refractivity contribution in [2.45, 2.75) is 0 Å². The number of hydrogen-bond donors (Lipinski definition) is 2. The van der Waals surface area contributed by atoms with Gasteiger partial charge in [0.1, 0.15) is 0 Å². The molecule has 3 N–H and O–H groups in total. The van der Waals surface area contributed by atoms with E-state index in [2.05, 4.69) is 22.6 Å². The summed E-state index contributed by atoms with van der Waals surface area (Å²) in [6.45, 7) is 3.33. The molecule has 0 fully saturated rings. The predicted molar refractivity (Wildman–Crippen MR) is 23.5 cm³/mol. The van der Waals surface area contributed by atoms with Crippen molar-refractivity contribution in [1.82, 2.24) is 5.32 Å². The van der Waals surface area contributed by atoms with Crippen LogP contribution in [0, 0.1) is 0 Å². The summed E-state index contributed by atoms with van der Waals surface area (Å²) in [7, 11) is 1.68. The van der Waals surface area contributed by atoms with Gasteiger partial charge in [-0.05, 0) is 6.58 Å². The maximum absolute atomic E-state index is 4.62. The number of hydrogen-bond acceptors (Lipinski definition) is 3. The molecule has 0 aliphatic carbocycles. The average molecular weight is 88.1 g/mol. The Balaban J connectivity index is 2.99. The van der Waals surface area contributed by atoms with E-state index in [1.165, 1.54) is 0 Å². The van der Waals surface area contributed by atoms with Crippen LogP contribution in [0.3, 0.4) is 0 Å².